The molecule has 2 aliphatic rings. The molecule has 2 aromatic heterocycles. The van der Waals surface area contributed by atoms with Gasteiger partial charge in [-0.05, 0) is 78.6 Å². The lowest BCUT2D eigenvalue weighted by Crippen LogP contribution is -2.20. The number of hydrogen-bond acceptors (Lipinski definition) is 7. The molecule has 1 amide bonds. The van der Waals surface area contributed by atoms with Gasteiger partial charge in [0.05, 0.1) is 23.0 Å². The van der Waals surface area contributed by atoms with Crippen LogP contribution in [0.5, 0.6) is 0 Å². The molecule has 3 heterocycles. The average Bonchev–Trinajstić information content (AvgIpc) is 3.76. The maximum Gasteiger partial charge on any atom is 0.263 e. The first-order valence-corrected chi connectivity index (χ1v) is 14.4. The zero-order valence-electron chi connectivity index (χ0n) is 21.4. The number of nitrogens with one attached hydrogen (secondary N) is 3. The summed E-state index contributed by atoms with van der Waals surface area (Å²) >= 11 is 0. The van der Waals surface area contributed by atoms with Gasteiger partial charge in [0.15, 0.2) is 5.82 Å². The molecular weight excluding hydrogens is 512 g/mol. The summed E-state index contributed by atoms with van der Waals surface area (Å²) in [5, 5.41) is 8.36. The highest BCUT2D eigenvalue weighted by molar-refractivity contribution is 7.92. The Kier molecular flexibility index (Phi) is 6.58. The summed E-state index contributed by atoms with van der Waals surface area (Å²) in [6.45, 7) is 3.60. The highest BCUT2D eigenvalue weighted by Crippen LogP contribution is 2.48. The molecule has 198 valence electrons. The molecule has 9 nitrogen and oxygen atoms in total. The first kappa shape index (κ1) is 25.1. The summed E-state index contributed by atoms with van der Waals surface area (Å²) < 4.78 is 28.6. The molecule has 39 heavy (non-hydrogen) atoms. The third kappa shape index (κ3) is 5.39. The summed E-state index contributed by atoms with van der Waals surface area (Å²) in [6, 6.07) is 12.5. The number of hydrogen-bond donors (Lipinski definition) is 3. The Bertz CT molecular complexity index is 1700. The van der Waals surface area contributed by atoms with Crippen molar-refractivity contribution in [2.24, 2.45) is 5.92 Å². The van der Waals surface area contributed by atoms with E-state index in [2.05, 4.69) is 30.3 Å². The molecule has 3 N–H and O–H groups in total. The van der Waals surface area contributed by atoms with Gasteiger partial charge in [0, 0.05) is 35.9 Å². The summed E-state index contributed by atoms with van der Waals surface area (Å²) in [5.74, 6) is 0.0471. The highest BCUT2D eigenvalue weighted by atomic mass is 32.2. The van der Waals surface area contributed by atoms with Crippen molar-refractivity contribution in [1.82, 2.24) is 20.3 Å². The van der Waals surface area contributed by atoms with Crippen LogP contribution in [-0.4, -0.2) is 42.4 Å². The number of benzene rings is 2. The van der Waals surface area contributed by atoms with Crippen molar-refractivity contribution in [3.63, 3.8) is 0 Å². The maximum absolute atomic E-state index is 13.0. The van der Waals surface area contributed by atoms with Crippen molar-refractivity contribution in [3.05, 3.63) is 90.1 Å². The van der Waals surface area contributed by atoms with Crippen LogP contribution in [0.3, 0.4) is 0 Å². The first-order chi connectivity index (χ1) is 18.9. The van der Waals surface area contributed by atoms with Crippen LogP contribution in [0.1, 0.15) is 35.6 Å². The maximum atomic E-state index is 13.0. The highest BCUT2D eigenvalue weighted by Gasteiger charge is 2.44. The monoisotopic (exact) mass is 540 g/mol. The Labute approximate surface area is 226 Å². The molecule has 1 saturated carbocycles. The third-order valence-corrected chi connectivity index (χ3v) is 8.61. The van der Waals surface area contributed by atoms with Crippen molar-refractivity contribution in [2.75, 3.05) is 23.1 Å². The Hall–Kier alpha value is -4.15. The van der Waals surface area contributed by atoms with E-state index in [4.69, 9.17) is 0 Å². The van der Waals surface area contributed by atoms with Crippen LogP contribution in [0.15, 0.2) is 78.2 Å². The minimum atomic E-state index is -3.84. The fourth-order valence-electron chi connectivity index (χ4n) is 4.99. The van der Waals surface area contributed by atoms with Crippen molar-refractivity contribution in [3.8, 4) is 0 Å². The molecule has 2 aromatic carbocycles. The predicted molar refractivity (Wildman–Crippen MR) is 151 cm³/mol. The summed E-state index contributed by atoms with van der Waals surface area (Å²) in [4.78, 5) is 25.9. The molecule has 4 aromatic rings. The number of pyridine rings is 1. The molecule has 1 fully saturated rings. The number of carbonyl (C=O) groups excluding carboxylic acids is 1. The number of sulfonamides is 1. The number of aromatic nitrogens is 3. The van der Waals surface area contributed by atoms with Gasteiger partial charge in [-0.2, -0.15) is 0 Å². The quantitative estimate of drug-likeness (QED) is 0.320. The van der Waals surface area contributed by atoms with Crippen LogP contribution in [0.4, 0.5) is 11.5 Å². The normalized spacial score (nSPS) is 18.8. The minimum absolute atomic E-state index is 0.0354. The molecular formula is C29H28N6O3S. The number of amides is 1. The minimum Gasteiger partial charge on any atom is -0.326 e. The molecule has 6 rings (SSSR count). The molecule has 10 heteroatoms. The van der Waals surface area contributed by atoms with E-state index < -0.39 is 10.0 Å². The molecule has 0 unspecified atom stereocenters. The lowest BCUT2D eigenvalue weighted by molar-refractivity contribution is -0.117. The third-order valence-electron chi connectivity index (χ3n) is 7.24. The second-order valence-corrected chi connectivity index (χ2v) is 11.7. The van der Waals surface area contributed by atoms with Crippen molar-refractivity contribution in [1.29, 1.82) is 0 Å². The lowest BCUT2D eigenvalue weighted by atomic mass is 10.1. The smallest absolute Gasteiger partial charge is 0.263 e. The zero-order valence-corrected chi connectivity index (χ0v) is 22.2. The predicted octanol–water partition coefficient (Wildman–Crippen LogP) is 4.25. The van der Waals surface area contributed by atoms with Gasteiger partial charge in [-0.3, -0.25) is 19.5 Å². The molecule has 0 radical (unpaired) electrons. The average molecular weight is 541 g/mol. The first-order valence-electron chi connectivity index (χ1n) is 12.9. The Balaban J connectivity index is 1.10. The van der Waals surface area contributed by atoms with Gasteiger partial charge in [-0.15, -0.1) is 0 Å². The van der Waals surface area contributed by atoms with Crippen molar-refractivity contribution >= 4 is 43.8 Å². The standard InChI is InChI=1S/C29H28N6O3S/c1-18-14-31-15-21-2-5-22(12-24(18)21)33-29(36)26-13-25(26)19-3-6-23(7-4-19)39(37,38)35-28-17-32-16-27(34-28)20-8-10-30-11-9-20/h2-8,12,14-17,25-26,30H,9-11,13H2,1H3,(H,33,36)(H,34,35)/t25-,26+/m0/s1. The number of aryl methyl sites for hydroxylation is 1. The molecule has 0 saturated heterocycles. The van der Waals surface area contributed by atoms with Crippen molar-refractivity contribution < 1.29 is 13.2 Å². The van der Waals surface area contributed by atoms with E-state index in [-0.39, 0.29) is 28.5 Å². The fraction of sp³-hybridized carbons (Fsp3) is 0.241. The number of nitrogens with zero attached hydrogens (tertiary/aromatic N) is 3. The van der Waals surface area contributed by atoms with Crippen LogP contribution in [0.25, 0.3) is 16.3 Å². The second kappa shape index (κ2) is 10.2. The number of carbonyl (C=O) groups is 1. The van der Waals surface area contributed by atoms with Gasteiger partial charge >= 0.3 is 0 Å². The van der Waals surface area contributed by atoms with Crippen LogP contribution < -0.4 is 15.4 Å². The van der Waals surface area contributed by atoms with E-state index >= 15 is 0 Å². The van der Waals surface area contributed by atoms with Crippen LogP contribution in [0, 0.1) is 12.8 Å². The van der Waals surface area contributed by atoms with Gasteiger partial charge in [0.1, 0.15) is 0 Å². The van der Waals surface area contributed by atoms with E-state index in [0.717, 1.165) is 59.1 Å². The Morgan fingerprint density at radius 3 is 2.64 bits per heavy atom. The molecule has 0 bridgehead atoms. The number of fused-ring (bicyclic) bond motifs is 1. The summed E-state index contributed by atoms with van der Waals surface area (Å²) in [5.41, 5.74) is 4.46. The fourth-order valence-corrected chi connectivity index (χ4v) is 5.98. The second-order valence-electron chi connectivity index (χ2n) is 9.98. The van der Waals surface area contributed by atoms with Crippen LogP contribution in [-0.2, 0) is 14.8 Å². The summed E-state index contributed by atoms with van der Waals surface area (Å²) in [6.07, 6.45) is 10.2. The van der Waals surface area contributed by atoms with Crippen molar-refractivity contribution in [2.45, 2.75) is 30.6 Å². The van der Waals surface area contributed by atoms with E-state index in [0.29, 0.717) is 5.69 Å². The van der Waals surface area contributed by atoms with Gasteiger partial charge in [0.2, 0.25) is 5.91 Å². The van der Waals surface area contributed by atoms with E-state index in [1.807, 2.05) is 43.6 Å². The van der Waals surface area contributed by atoms with E-state index in [1.165, 1.54) is 6.20 Å². The molecule has 2 atom stereocenters. The molecule has 0 spiro atoms. The van der Waals surface area contributed by atoms with Gasteiger partial charge in [0.25, 0.3) is 10.0 Å². The van der Waals surface area contributed by atoms with E-state index in [9.17, 15) is 13.2 Å². The SMILES string of the molecule is Cc1cncc2ccc(NC(=O)[C@@H]3C[C@H]3c3ccc(S(=O)(=O)Nc4cncc(C5=CCNCC5)n4)cc3)cc12. The Morgan fingerprint density at radius 2 is 1.85 bits per heavy atom. The van der Waals surface area contributed by atoms with Crippen LogP contribution in [0.2, 0.25) is 0 Å². The number of anilines is 2. The topological polar surface area (TPSA) is 126 Å². The number of rotatable bonds is 7. The van der Waals surface area contributed by atoms with Gasteiger partial charge in [-0.25, -0.2) is 13.4 Å². The molecule has 1 aliphatic carbocycles. The zero-order chi connectivity index (χ0) is 27.0. The summed E-state index contributed by atoms with van der Waals surface area (Å²) in [7, 11) is -3.84. The van der Waals surface area contributed by atoms with E-state index in [1.54, 1.807) is 30.5 Å². The lowest BCUT2D eigenvalue weighted by Gasteiger charge is -2.14. The Morgan fingerprint density at radius 1 is 1.03 bits per heavy atom. The van der Waals surface area contributed by atoms with Gasteiger partial charge in [-0.1, -0.05) is 24.3 Å². The largest absolute Gasteiger partial charge is 0.326 e. The molecule has 1 aliphatic heterocycles. The van der Waals surface area contributed by atoms with Crippen LogP contribution >= 0.6 is 0 Å². The van der Waals surface area contributed by atoms with Gasteiger partial charge < -0.3 is 10.6 Å².